The smallest absolute Gasteiger partial charge is 0.123 e. The average Bonchev–Trinajstić information content (AvgIpc) is 2.60. The molecule has 1 aromatic rings. The van der Waals surface area contributed by atoms with Crippen LogP contribution >= 0.6 is 0 Å². The molecule has 1 atom stereocenters. The number of nitrogens with one attached hydrogen (secondary N) is 1. The van der Waals surface area contributed by atoms with Gasteiger partial charge in [0.1, 0.15) is 5.75 Å². The SMILES string of the molecule is COc1cccc2c1CN[C@@H]2CO. The van der Waals surface area contributed by atoms with E-state index >= 15 is 0 Å². The minimum absolute atomic E-state index is 0.0742. The highest BCUT2D eigenvalue weighted by Gasteiger charge is 2.23. The Morgan fingerprint density at radius 1 is 1.62 bits per heavy atom. The molecule has 13 heavy (non-hydrogen) atoms. The Hall–Kier alpha value is -1.06. The summed E-state index contributed by atoms with van der Waals surface area (Å²) < 4.78 is 5.23. The second kappa shape index (κ2) is 3.36. The first-order valence-electron chi connectivity index (χ1n) is 4.37. The van der Waals surface area contributed by atoms with Crippen LogP contribution in [0.4, 0.5) is 0 Å². The highest BCUT2D eigenvalue weighted by Crippen LogP contribution is 2.31. The lowest BCUT2D eigenvalue weighted by molar-refractivity contribution is 0.251. The average molecular weight is 179 g/mol. The van der Waals surface area contributed by atoms with E-state index in [0.29, 0.717) is 0 Å². The quantitative estimate of drug-likeness (QED) is 0.706. The Balaban J connectivity index is 2.43. The second-order valence-electron chi connectivity index (χ2n) is 3.14. The van der Waals surface area contributed by atoms with Crippen molar-refractivity contribution in [1.82, 2.24) is 5.32 Å². The molecular weight excluding hydrogens is 166 g/mol. The molecule has 3 nitrogen and oxygen atoms in total. The number of ether oxygens (including phenoxy) is 1. The van der Waals surface area contributed by atoms with E-state index in [1.54, 1.807) is 7.11 Å². The summed E-state index contributed by atoms with van der Waals surface area (Å²) in [5.41, 5.74) is 2.32. The van der Waals surface area contributed by atoms with Crippen molar-refractivity contribution in [2.45, 2.75) is 12.6 Å². The Labute approximate surface area is 77.3 Å². The molecule has 0 radical (unpaired) electrons. The van der Waals surface area contributed by atoms with E-state index in [1.165, 1.54) is 5.56 Å². The van der Waals surface area contributed by atoms with Gasteiger partial charge in [-0.1, -0.05) is 12.1 Å². The maximum Gasteiger partial charge on any atom is 0.123 e. The van der Waals surface area contributed by atoms with Gasteiger partial charge in [-0.05, 0) is 11.6 Å². The lowest BCUT2D eigenvalue weighted by atomic mass is 10.0. The minimum Gasteiger partial charge on any atom is -0.496 e. The number of aliphatic hydroxyl groups excluding tert-OH is 1. The first-order valence-corrected chi connectivity index (χ1v) is 4.37. The van der Waals surface area contributed by atoms with Crippen molar-refractivity contribution in [2.24, 2.45) is 0 Å². The van der Waals surface area contributed by atoms with Crippen molar-refractivity contribution in [3.63, 3.8) is 0 Å². The summed E-state index contributed by atoms with van der Waals surface area (Å²) in [5, 5.41) is 12.3. The molecule has 0 aromatic heterocycles. The van der Waals surface area contributed by atoms with Crippen LogP contribution in [0.25, 0.3) is 0 Å². The molecule has 1 aliphatic rings. The van der Waals surface area contributed by atoms with Crippen molar-refractivity contribution >= 4 is 0 Å². The van der Waals surface area contributed by atoms with Crippen molar-refractivity contribution in [1.29, 1.82) is 0 Å². The molecule has 1 aliphatic heterocycles. The Morgan fingerprint density at radius 2 is 2.46 bits per heavy atom. The molecule has 0 unspecified atom stereocenters. The van der Waals surface area contributed by atoms with E-state index in [2.05, 4.69) is 5.32 Å². The molecule has 70 valence electrons. The topological polar surface area (TPSA) is 41.5 Å². The van der Waals surface area contributed by atoms with Gasteiger partial charge in [0.2, 0.25) is 0 Å². The molecule has 1 aromatic carbocycles. The number of hydrogen-bond acceptors (Lipinski definition) is 3. The van der Waals surface area contributed by atoms with E-state index in [0.717, 1.165) is 17.9 Å². The monoisotopic (exact) mass is 179 g/mol. The van der Waals surface area contributed by atoms with Crippen molar-refractivity contribution in [2.75, 3.05) is 13.7 Å². The minimum atomic E-state index is 0.0742. The van der Waals surface area contributed by atoms with Gasteiger partial charge in [0.25, 0.3) is 0 Å². The third-order valence-corrected chi connectivity index (χ3v) is 2.47. The maximum absolute atomic E-state index is 9.07. The first kappa shape index (κ1) is 8.53. The van der Waals surface area contributed by atoms with Crippen molar-refractivity contribution in [3.8, 4) is 5.75 Å². The summed E-state index contributed by atoms with van der Waals surface area (Å²) in [6, 6.07) is 6.00. The van der Waals surface area contributed by atoms with Gasteiger partial charge in [0, 0.05) is 12.1 Å². The molecule has 0 saturated carbocycles. The highest BCUT2D eigenvalue weighted by molar-refractivity contribution is 5.44. The highest BCUT2D eigenvalue weighted by atomic mass is 16.5. The van der Waals surface area contributed by atoms with Crippen LogP contribution in [0.15, 0.2) is 18.2 Å². The van der Waals surface area contributed by atoms with Gasteiger partial charge in [-0.3, -0.25) is 0 Å². The summed E-state index contributed by atoms with van der Waals surface area (Å²) in [6.45, 7) is 0.921. The molecule has 0 spiro atoms. The van der Waals surface area contributed by atoms with E-state index in [9.17, 15) is 0 Å². The second-order valence-corrected chi connectivity index (χ2v) is 3.14. The van der Waals surface area contributed by atoms with Crippen LogP contribution in [-0.2, 0) is 6.54 Å². The summed E-state index contributed by atoms with van der Waals surface area (Å²) >= 11 is 0. The maximum atomic E-state index is 9.07. The van der Waals surface area contributed by atoms with Crippen LogP contribution in [0.5, 0.6) is 5.75 Å². The van der Waals surface area contributed by atoms with Crippen LogP contribution in [0.3, 0.4) is 0 Å². The Morgan fingerprint density at radius 3 is 3.15 bits per heavy atom. The number of rotatable bonds is 2. The number of fused-ring (bicyclic) bond motifs is 1. The van der Waals surface area contributed by atoms with Crippen molar-refractivity contribution in [3.05, 3.63) is 29.3 Å². The van der Waals surface area contributed by atoms with E-state index < -0.39 is 0 Å². The number of hydrogen-bond donors (Lipinski definition) is 2. The summed E-state index contributed by atoms with van der Waals surface area (Å²) in [5.74, 6) is 0.904. The van der Waals surface area contributed by atoms with Gasteiger partial charge in [-0.2, -0.15) is 0 Å². The largest absolute Gasteiger partial charge is 0.496 e. The molecule has 0 amide bonds. The van der Waals surface area contributed by atoms with Gasteiger partial charge in [-0.15, -0.1) is 0 Å². The van der Waals surface area contributed by atoms with Crippen LogP contribution in [0, 0.1) is 0 Å². The molecule has 0 bridgehead atoms. The van der Waals surface area contributed by atoms with Gasteiger partial charge in [-0.25, -0.2) is 0 Å². The zero-order valence-corrected chi connectivity index (χ0v) is 7.58. The molecule has 1 heterocycles. The zero-order chi connectivity index (χ0) is 9.26. The predicted molar refractivity (Wildman–Crippen MR) is 49.7 cm³/mol. The van der Waals surface area contributed by atoms with Crippen LogP contribution in [0.1, 0.15) is 17.2 Å². The standard InChI is InChI=1S/C10H13NO2/c1-13-10-4-2-3-7-8(10)5-11-9(7)6-12/h2-4,9,11-12H,5-6H2,1H3/t9-/m1/s1. The molecule has 0 aliphatic carbocycles. The van der Waals surface area contributed by atoms with Gasteiger partial charge < -0.3 is 15.2 Å². The van der Waals surface area contributed by atoms with Crippen molar-refractivity contribution < 1.29 is 9.84 Å². The summed E-state index contributed by atoms with van der Waals surface area (Å²) in [4.78, 5) is 0. The Bertz CT molecular complexity index is 312. The third kappa shape index (κ3) is 1.30. The van der Waals surface area contributed by atoms with E-state index in [4.69, 9.17) is 9.84 Å². The molecule has 2 rings (SSSR count). The van der Waals surface area contributed by atoms with Crippen LogP contribution in [-0.4, -0.2) is 18.8 Å². The normalized spacial score (nSPS) is 20.0. The fourth-order valence-corrected chi connectivity index (χ4v) is 1.79. The molecule has 3 heteroatoms. The van der Waals surface area contributed by atoms with Crippen LogP contribution < -0.4 is 10.1 Å². The van der Waals surface area contributed by atoms with E-state index in [1.807, 2.05) is 18.2 Å². The molecule has 2 N–H and O–H groups in total. The van der Waals surface area contributed by atoms with Gasteiger partial charge in [0.15, 0.2) is 0 Å². The Kier molecular flexibility index (Phi) is 2.20. The fraction of sp³-hybridized carbons (Fsp3) is 0.400. The van der Waals surface area contributed by atoms with Gasteiger partial charge in [0.05, 0.1) is 19.8 Å². The molecular formula is C10H13NO2. The predicted octanol–water partition coefficient (Wildman–Crippen LogP) is 0.832. The molecule has 0 saturated heterocycles. The summed E-state index contributed by atoms with van der Waals surface area (Å²) in [7, 11) is 1.67. The zero-order valence-electron chi connectivity index (χ0n) is 7.58. The first-order chi connectivity index (χ1) is 6.36. The van der Waals surface area contributed by atoms with Crippen LogP contribution in [0.2, 0.25) is 0 Å². The van der Waals surface area contributed by atoms with E-state index in [-0.39, 0.29) is 12.6 Å². The molecule has 0 fully saturated rings. The van der Waals surface area contributed by atoms with Gasteiger partial charge >= 0.3 is 0 Å². The number of aliphatic hydroxyl groups is 1. The number of methoxy groups -OCH3 is 1. The lowest BCUT2D eigenvalue weighted by Gasteiger charge is -2.08. The third-order valence-electron chi connectivity index (χ3n) is 2.47. The summed E-state index contributed by atoms with van der Waals surface area (Å²) in [6.07, 6.45) is 0. The number of benzene rings is 1. The fourth-order valence-electron chi connectivity index (χ4n) is 1.79. The lowest BCUT2D eigenvalue weighted by Crippen LogP contribution is -2.15.